The highest BCUT2D eigenvalue weighted by Crippen LogP contribution is 2.42. The van der Waals surface area contributed by atoms with E-state index in [0.29, 0.717) is 16.5 Å². The number of ether oxygens (including phenoxy) is 2. The Labute approximate surface area is 171 Å². The molecule has 29 heavy (non-hydrogen) atoms. The van der Waals surface area contributed by atoms with Crippen molar-refractivity contribution in [3.05, 3.63) is 41.5 Å². The average Bonchev–Trinajstić information content (AvgIpc) is 3.10. The first-order valence-electron chi connectivity index (χ1n) is 8.95. The maximum atomic E-state index is 13.8. The zero-order valence-corrected chi connectivity index (χ0v) is 16.9. The van der Waals surface area contributed by atoms with Crippen molar-refractivity contribution in [2.24, 2.45) is 4.99 Å². The molecule has 1 fully saturated rings. The molecule has 0 bridgehead atoms. The van der Waals surface area contributed by atoms with Crippen LogP contribution < -0.4 is 4.74 Å². The number of allylic oxidation sites excluding steroid dienone is 1. The summed E-state index contributed by atoms with van der Waals surface area (Å²) in [5.74, 6) is 0.601. The van der Waals surface area contributed by atoms with Gasteiger partial charge in [-0.1, -0.05) is 30.0 Å². The van der Waals surface area contributed by atoms with E-state index in [9.17, 15) is 23.4 Å². The van der Waals surface area contributed by atoms with Crippen molar-refractivity contribution in [1.29, 1.82) is 0 Å². The molecule has 3 rings (SSSR count). The molecule has 2 N–H and O–H groups in total. The van der Waals surface area contributed by atoms with Crippen molar-refractivity contribution in [3.63, 3.8) is 0 Å². The van der Waals surface area contributed by atoms with E-state index in [1.165, 1.54) is 7.11 Å². The molecular formula is C19H23F3N2O4S. The van der Waals surface area contributed by atoms with Crippen molar-refractivity contribution in [2.45, 2.75) is 42.4 Å². The molecule has 6 nitrogen and oxygen atoms in total. The number of hydrogen-bond acceptors (Lipinski definition) is 7. The molecule has 10 heteroatoms. The zero-order chi connectivity index (χ0) is 21.3. The number of aliphatic hydroxyl groups excluding tert-OH is 2. The Morgan fingerprint density at radius 2 is 1.90 bits per heavy atom. The summed E-state index contributed by atoms with van der Waals surface area (Å²) in [5, 5.41) is 21.3. The van der Waals surface area contributed by atoms with Gasteiger partial charge in [0.05, 0.1) is 12.7 Å². The van der Waals surface area contributed by atoms with Crippen LogP contribution in [0.1, 0.15) is 5.56 Å². The number of aliphatic imine (C=N–C) groups is 1. The van der Waals surface area contributed by atoms with Crippen LogP contribution in [0.15, 0.2) is 40.9 Å². The first-order valence-corrected chi connectivity index (χ1v) is 9.83. The lowest BCUT2D eigenvalue weighted by atomic mass is 9.92. The van der Waals surface area contributed by atoms with E-state index >= 15 is 0 Å². The molecule has 2 aliphatic rings. The minimum absolute atomic E-state index is 0.0117. The molecule has 0 saturated carbocycles. The fraction of sp³-hybridized carbons (Fsp3) is 0.526. The summed E-state index contributed by atoms with van der Waals surface area (Å²) in [6.45, 7) is 0. The Morgan fingerprint density at radius 1 is 1.24 bits per heavy atom. The number of methoxy groups -OCH3 is 1. The molecule has 1 aromatic rings. The van der Waals surface area contributed by atoms with E-state index in [1.807, 2.05) is 0 Å². The topological polar surface area (TPSA) is 74.5 Å². The van der Waals surface area contributed by atoms with Gasteiger partial charge < -0.3 is 24.6 Å². The lowest BCUT2D eigenvalue weighted by molar-refractivity contribution is -0.170. The van der Waals surface area contributed by atoms with Crippen LogP contribution in [0.3, 0.4) is 0 Å². The molecule has 160 valence electrons. The Bertz CT molecular complexity index is 783. The number of hydrogen-bond donors (Lipinski definition) is 2. The fourth-order valence-electron chi connectivity index (χ4n) is 3.20. The largest absolute Gasteiger partial charge is 0.497 e. The third-order valence-corrected chi connectivity index (χ3v) is 6.09. The number of fused-ring (bicyclic) bond motifs is 1. The van der Waals surface area contributed by atoms with Crippen molar-refractivity contribution < 1.29 is 32.9 Å². The molecule has 0 radical (unpaired) electrons. The van der Waals surface area contributed by atoms with Gasteiger partial charge in [0.25, 0.3) is 0 Å². The van der Waals surface area contributed by atoms with Crippen LogP contribution in [0.25, 0.3) is 0 Å². The normalized spacial score (nSPS) is 30.0. The van der Waals surface area contributed by atoms with Gasteiger partial charge in [-0.25, -0.2) is 0 Å². The van der Waals surface area contributed by atoms with Gasteiger partial charge in [0.15, 0.2) is 5.17 Å². The van der Waals surface area contributed by atoms with Gasteiger partial charge in [-0.2, -0.15) is 13.2 Å². The second kappa shape index (κ2) is 8.55. The molecule has 2 heterocycles. The van der Waals surface area contributed by atoms with Gasteiger partial charge in [-0.3, -0.25) is 4.99 Å². The zero-order valence-electron chi connectivity index (χ0n) is 16.1. The molecule has 2 aliphatic heterocycles. The Morgan fingerprint density at radius 3 is 2.45 bits per heavy atom. The van der Waals surface area contributed by atoms with E-state index < -0.39 is 41.5 Å². The standard InChI is InChI=1S/C19H23F3N2O4S/c1-24(2)18-23-13-14(25)15(26)16(28-17(13)29-18)12(19(20,21)22)9-6-10-4-7-11(27-3)8-5-10/h4-5,7-9,13-17,25-26H,6H2,1-3H3/t13-,14-,15+,16-,17-/m1/s1. The van der Waals surface area contributed by atoms with E-state index in [0.717, 1.165) is 17.8 Å². The summed E-state index contributed by atoms with van der Waals surface area (Å²) in [6.07, 6.45) is -8.65. The molecule has 1 aromatic carbocycles. The van der Waals surface area contributed by atoms with E-state index in [1.54, 1.807) is 43.3 Å². The maximum Gasteiger partial charge on any atom is 0.414 e. The summed E-state index contributed by atoms with van der Waals surface area (Å²) >= 11 is 1.13. The average molecular weight is 432 g/mol. The van der Waals surface area contributed by atoms with Gasteiger partial charge >= 0.3 is 6.18 Å². The lowest BCUT2D eigenvalue weighted by Gasteiger charge is -2.39. The van der Waals surface area contributed by atoms with Crippen molar-refractivity contribution in [3.8, 4) is 5.75 Å². The van der Waals surface area contributed by atoms with Gasteiger partial charge in [-0.15, -0.1) is 0 Å². The number of alkyl halides is 3. The second-order valence-corrected chi connectivity index (χ2v) is 8.10. The quantitative estimate of drug-likeness (QED) is 0.711. The number of halogens is 3. The molecule has 1 saturated heterocycles. The molecule has 0 aliphatic carbocycles. The number of amidine groups is 1. The third kappa shape index (κ3) is 4.71. The molecule has 0 unspecified atom stereocenters. The Kier molecular flexibility index (Phi) is 6.47. The summed E-state index contributed by atoms with van der Waals surface area (Å²) in [6, 6.07) is 5.82. The van der Waals surface area contributed by atoms with E-state index in [-0.39, 0.29) is 6.42 Å². The van der Waals surface area contributed by atoms with Crippen LogP contribution >= 0.6 is 11.8 Å². The first-order chi connectivity index (χ1) is 13.6. The Balaban J connectivity index is 1.83. The predicted octanol–water partition coefficient (Wildman–Crippen LogP) is 2.21. The Hall–Kier alpha value is -1.75. The number of aliphatic hydroxyl groups is 2. The smallest absolute Gasteiger partial charge is 0.414 e. The molecule has 0 aromatic heterocycles. The summed E-state index contributed by atoms with van der Waals surface area (Å²) in [7, 11) is 4.97. The van der Waals surface area contributed by atoms with E-state index in [2.05, 4.69) is 4.99 Å². The highest BCUT2D eigenvalue weighted by Gasteiger charge is 2.53. The molecule has 5 atom stereocenters. The molecule has 0 spiro atoms. The fourth-order valence-corrected chi connectivity index (χ4v) is 4.34. The molecular weight excluding hydrogens is 409 g/mol. The van der Waals surface area contributed by atoms with E-state index in [4.69, 9.17) is 9.47 Å². The SMILES string of the molecule is COc1ccc(CC=C([C@H]2O[C@@H]3SC(N(C)C)=N[C@@H]3[C@@H](O)[C@@H]2O)C(F)(F)F)cc1. The summed E-state index contributed by atoms with van der Waals surface area (Å²) in [5.41, 5.74) is -1.18. The minimum Gasteiger partial charge on any atom is -0.497 e. The van der Waals surface area contributed by atoms with Crippen molar-refractivity contribution in [1.82, 2.24) is 4.90 Å². The third-order valence-electron chi connectivity index (χ3n) is 4.78. The first kappa shape index (κ1) is 21.9. The summed E-state index contributed by atoms with van der Waals surface area (Å²) < 4.78 is 51.9. The number of nitrogens with zero attached hydrogens (tertiary/aromatic N) is 2. The van der Waals surface area contributed by atoms with Gasteiger partial charge in [0.2, 0.25) is 0 Å². The lowest BCUT2D eigenvalue weighted by Crippen LogP contribution is -2.56. The van der Waals surface area contributed by atoms with Crippen LogP contribution in [0.4, 0.5) is 13.2 Å². The van der Waals surface area contributed by atoms with Gasteiger partial charge in [0.1, 0.15) is 35.5 Å². The highest BCUT2D eigenvalue weighted by molar-refractivity contribution is 8.14. The van der Waals surface area contributed by atoms with Crippen LogP contribution in [0.5, 0.6) is 5.75 Å². The predicted molar refractivity (Wildman–Crippen MR) is 104 cm³/mol. The minimum atomic E-state index is -4.72. The summed E-state index contributed by atoms with van der Waals surface area (Å²) in [4.78, 5) is 5.95. The van der Waals surface area contributed by atoms with Gasteiger partial charge in [-0.05, 0) is 24.1 Å². The van der Waals surface area contributed by atoms with Gasteiger partial charge in [0, 0.05) is 14.1 Å². The monoisotopic (exact) mass is 432 g/mol. The number of rotatable bonds is 4. The highest BCUT2D eigenvalue weighted by atomic mass is 32.2. The number of thioether (sulfide) groups is 1. The van der Waals surface area contributed by atoms with Crippen LogP contribution in [0, 0.1) is 0 Å². The van der Waals surface area contributed by atoms with Crippen molar-refractivity contribution >= 4 is 16.9 Å². The van der Waals surface area contributed by atoms with Crippen LogP contribution in [0.2, 0.25) is 0 Å². The second-order valence-electron chi connectivity index (χ2n) is 7.03. The van der Waals surface area contributed by atoms with Crippen LogP contribution in [-0.2, 0) is 11.2 Å². The van der Waals surface area contributed by atoms with Crippen molar-refractivity contribution in [2.75, 3.05) is 21.2 Å². The number of benzene rings is 1. The molecule has 0 amide bonds. The van der Waals surface area contributed by atoms with Crippen LogP contribution in [-0.4, -0.2) is 77.5 Å². The maximum absolute atomic E-state index is 13.8.